The van der Waals surface area contributed by atoms with Crippen molar-refractivity contribution in [2.24, 2.45) is 0 Å². The van der Waals surface area contributed by atoms with Crippen LogP contribution in [0.1, 0.15) is 6.92 Å². The summed E-state index contributed by atoms with van der Waals surface area (Å²) >= 11 is 0. The average Bonchev–Trinajstić information content (AvgIpc) is 2.25. The molecule has 0 aromatic rings. The molecule has 0 bridgehead atoms. The van der Waals surface area contributed by atoms with Crippen LogP contribution in [-0.2, 0) is 14.3 Å². The van der Waals surface area contributed by atoms with E-state index in [-0.39, 0.29) is 5.97 Å². The van der Waals surface area contributed by atoms with Crippen molar-refractivity contribution in [1.29, 1.82) is 5.26 Å². The molecule has 5 nitrogen and oxygen atoms in total. The van der Waals surface area contributed by atoms with Crippen LogP contribution in [0.2, 0.25) is 0 Å². The molecule has 0 fully saturated rings. The summed E-state index contributed by atoms with van der Waals surface area (Å²) in [6, 6.07) is 1.72. The molecule has 5 heteroatoms. The van der Waals surface area contributed by atoms with Crippen LogP contribution in [0.25, 0.3) is 0 Å². The summed E-state index contributed by atoms with van der Waals surface area (Å²) in [6.45, 7) is 5.38. The lowest BCUT2D eigenvalue weighted by molar-refractivity contribution is -0.137. The highest BCUT2D eigenvalue weighted by Crippen LogP contribution is 1.75. The number of carbonyl (C=O) groups excluding carboxylic acids is 1. The van der Waals surface area contributed by atoms with E-state index in [2.05, 4.69) is 11.3 Å². The number of carboxylic acids is 1. The van der Waals surface area contributed by atoms with Crippen molar-refractivity contribution < 1.29 is 19.4 Å². The standard InChI is InChI=1S/C6H5NO2.C5H8O2/c7-5-3-1-2-4-6(8)9;1-3-5(6)7-4-2/h1-4H,(H,8,9);3H,1,4H2,2H3. The van der Waals surface area contributed by atoms with Gasteiger partial charge in [-0.25, -0.2) is 9.59 Å². The summed E-state index contributed by atoms with van der Waals surface area (Å²) in [5.41, 5.74) is 0. The van der Waals surface area contributed by atoms with E-state index in [1.165, 1.54) is 18.2 Å². The summed E-state index contributed by atoms with van der Waals surface area (Å²) in [5.74, 6) is -1.37. The lowest BCUT2D eigenvalue weighted by Crippen LogP contribution is -1.97. The van der Waals surface area contributed by atoms with Crippen LogP contribution in [0.5, 0.6) is 0 Å². The molecule has 0 saturated heterocycles. The van der Waals surface area contributed by atoms with Gasteiger partial charge in [-0.15, -0.1) is 0 Å². The predicted octanol–water partition coefficient (Wildman–Crippen LogP) is 1.44. The largest absolute Gasteiger partial charge is 0.478 e. The first-order valence-electron chi connectivity index (χ1n) is 4.33. The Morgan fingerprint density at radius 2 is 2.12 bits per heavy atom. The van der Waals surface area contributed by atoms with Crippen LogP contribution in [0.4, 0.5) is 0 Å². The Kier molecular flexibility index (Phi) is 12.7. The van der Waals surface area contributed by atoms with E-state index in [0.717, 1.165) is 12.2 Å². The molecule has 1 N–H and O–H groups in total. The van der Waals surface area contributed by atoms with E-state index in [1.807, 2.05) is 0 Å². The number of carboxylic acid groups (broad SMARTS) is 1. The molecule has 0 spiro atoms. The lowest BCUT2D eigenvalue weighted by Gasteiger charge is -1.90. The van der Waals surface area contributed by atoms with Gasteiger partial charge in [-0.05, 0) is 6.92 Å². The van der Waals surface area contributed by atoms with Gasteiger partial charge in [0, 0.05) is 18.2 Å². The maximum absolute atomic E-state index is 10.1. The zero-order valence-corrected chi connectivity index (χ0v) is 8.92. The Morgan fingerprint density at radius 1 is 1.50 bits per heavy atom. The molecule has 0 aliphatic heterocycles. The summed E-state index contributed by atoms with van der Waals surface area (Å²) < 4.78 is 4.43. The molecular weight excluding hydrogens is 210 g/mol. The lowest BCUT2D eigenvalue weighted by atomic mass is 10.4. The third-order valence-corrected chi connectivity index (χ3v) is 0.974. The Balaban J connectivity index is 0. The molecular formula is C11H13NO4. The van der Waals surface area contributed by atoms with E-state index in [4.69, 9.17) is 10.4 Å². The summed E-state index contributed by atoms with van der Waals surface area (Å²) in [4.78, 5) is 19.8. The summed E-state index contributed by atoms with van der Waals surface area (Å²) in [5, 5.41) is 15.9. The Labute approximate surface area is 93.9 Å². The van der Waals surface area contributed by atoms with Crippen molar-refractivity contribution in [1.82, 2.24) is 0 Å². The number of aliphatic carboxylic acids is 1. The number of hydrogen-bond donors (Lipinski definition) is 1. The van der Waals surface area contributed by atoms with Crippen molar-refractivity contribution in [2.45, 2.75) is 6.92 Å². The van der Waals surface area contributed by atoms with E-state index in [0.29, 0.717) is 6.61 Å². The second kappa shape index (κ2) is 12.7. The highest BCUT2D eigenvalue weighted by molar-refractivity contribution is 5.81. The van der Waals surface area contributed by atoms with Crippen LogP contribution in [-0.4, -0.2) is 23.7 Å². The van der Waals surface area contributed by atoms with Crippen molar-refractivity contribution in [3.05, 3.63) is 37.0 Å². The van der Waals surface area contributed by atoms with E-state index >= 15 is 0 Å². The molecule has 0 aliphatic rings. The number of allylic oxidation sites excluding steroid dienone is 3. The van der Waals surface area contributed by atoms with Crippen molar-refractivity contribution >= 4 is 11.9 Å². The molecule has 0 aliphatic carbocycles. The SMILES string of the molecule is C=CC(=O)OCC.N#CC=CC=CC(=O)O. The number of ether oxygens (including phenoxy) is 1. The first-order chi connectivity index (χ1) is 7.58. The maximum atomic E-state index is 10.1. The summed E-state index contributed by atoms with van der Waals surface area (Å²) in [6.07, 6.45) is 5.93. The van der Waals surface area contributed by atoms with Gasteiger partial charge in [0.15, 0.2) is 0 Å². The van der Waals surface area contributed by atoms with Gasteiger partial charge >= 0.3 is 11.9 Å². The summed E-state index contributed by atoms with van der Waals surface area (Å²) in [7, 11) is 0. The minimum absolute atomic E-state index is 0.359. The molecule has 0 aromatic heterocycles. The van der Waals surface area contributed by atoms with E-state index in [9.17, 15) is 9.59 Å². The van der Waals surface area contributed by atoms with Crippen molar-refractivity contribution in [2.75, 3.05) is 6.61 Å². The zero-order valence-electron chi connectivity index (χ0n) is 8.92. The van der Waals surface area contributed by atoms with Gasteiger partial charge in [0.05, 0.1) is 12.7 Å². The molecule has 0 amide bonds. The van der Waals surface area contributed by atoms with Crippen LogP contribution < -0.4 is 0 Å². The van der Waals surface area contributed by atoms with Gasteiger partial charge in [-0.3, -0.25) is 0 Å². The molecule has 16 heavy (non-hydrogen) atoms. The molecule has 0 radical (unpaired) electrons. The first kappa shape index (κ1) is 16.1. The van der Waals surface area contributed by atoms with E-state index < -0.39 is 5.97 Å². The normalized spacial score (nSPS) is 9.00. The third-order valence-electron chi connectivity index (χ3n) is 0.974. The van der Waals surface area contributed by atoms with Gasteiger partial charge in [-0.1, -0.05) is 18.7 Å². The first-order valence-corrected chi connectivity index (χ1v) is 4.33. The monoisotopic (exact) mass is 223 g/mol. The number of nitriles is 1. The second-order valence-corrected chi connectivity index (χ2v) is 2.14. The minimum atomic E-state index is -1.02. The molecule has 0 atom stereocenters. The smallest absolute Gasteiger partial charge is 0.330 e. The second-order valence-electron chi connectivity index (χ2n) is 2.14. The quantitative estimate of drug-likeness (QED) is 0.337. The average molecular weight is 223 g/mol. The van der Waals surface area contributed by atoms with E-state index in [1.54, 1.807) is 13.0 Å². The zero-order chi connectivity index (χ0) is 12.8. The number of esters is 1. The molecule has 86 valence electrons. The number of rotatable bonds is 4. The van der Waals surface area contributed by atoms with Gasteiger partial charge in [0.1, 0.15) is 0 Å². The Morgan fingerprint density at radius 3 is 2.44 bits per heavy atom. The highest BCUT2D eigenvalue weighted by Gasteiger charge is 1.86. The van der Waals surface area contributed by atoms with Crippen LogP contribution >= 0.6 is 0 Å². The molecule has 0 aromatic carbocycles. The van der Waals surface area contributed by atoms with Crippen molar-refractivity contribution in [3.8, 4) is 6.07 Å². The molecule has 0 unspecified atom stereocenters. The Hall–Kier alpha value is -2.35. The number of hydrogen-bond acceptors (Lipinski definition) is 4. The third kappa shape index (κ3) is 17.7. The van der Waals surface area contributed by atoms with Crippen molar-refractivity contribution in [3.63, 3.8) is 0 Å². The number of nitrogens with zero attached hydrogens (tertiary/aromatic N) is 1. The number of carbonyl (C=O) groups is 2. The fourth-order valence-corrected chi connectivity index (χ4v) is 0.438. The fourth-order valence-electron chi connectivity index (χ4n) is 0.438. The minimum Gasteiger partial charge on any atom is -0.478 e. The topological polar surface area (TPSA) is 87.4 Å². The predicted molar refractivity (Wildman–Crippen MR) is 58.4 cm³/mol. The molecule has 0 rings (SSSR count). The maximum Gasteiger partial charge on any atom is 0.330 e. The van der Waals surface area contributed by atoms with Gasteiger partial charge in [0.2, 0.25) is 0 Å². The van der Waals surface area contributed by atoms with Crippen LogP contribution in [0.15, 0.2) is 37.0 Å². The molecule has 0 saturated carbocycles. The van der Waals surface area contributed by atoms with Gasteiger partial charge in [0.25, 0.3) is 0 Å². The van der Waals surface area contributed by atoms with Gasteiger partial charge in [-0.2, -0.15) is 5.26 Å². The van der Waals surface area contributed by atoms with Crippen LogP contribution in [0.3, 0.4) is 0 Å². The Bertz CT molecular complexity index is 323. The van der Waals surface area contributed by atoms with Gasteiger partial charge < -0.3 is 9.84 Å². The fraction of sp³-hybridized carbons (Fsp3) is 0.182. The molecule has 0 heterocycles. The van der Waals surface area contributed by atoms with Crippen LogP contribution in [0, 0.1) is 11.3 Å². The highest BCUT2D eigenvalue weighted by atomic mass is 16.5.